The SMILES string of the molecule is Nc1onc(-c2ccc(-c3cccc(Cl)c3)o2)c1C(=O)NCc1ccc(OC(F)(F)F)cc1. The molecule has 0 unspecified atom stereocenters. The lowest BCUT2D eigenvalue weighted by Gasteiger charge is -2.09. The van der Waals surface area contributed by atoms with Crippen LogP contribution in [0.25, 0.3) is 22.8 Å². The lowest BCUT2D eigenvalue weighted by atomic mass is 10.1. The first-order chi connectivity index (χ1) is 15.7. The molecule has 0 bridgehead atoms. The minimum atomic E-state index is -4.78. The first-order valence-electron chi connectivity index (χ1n) is 9.44. The molecule has 1 amide bonds. The van der Waals surface area contributed by atoms with Crippen LogP contribution in [-0.4, -0.2) is 17.4 Å². The van der Waals surface area contributed by atoms with Crippen LogP contribution < -0.4 is 15.8 Å². The molecule has 0 fully saturated rings. The van der Waals surface area contributed by atoms with Crippen molar-refractivity contribution in [2.45, 2.75) is 12.9 Å². The maximum Gasteiger partial charge on any atom is 0.573 e. The summed E-state index contributed by atoms with van der Waals surface area (Å²) in [6, 6.07) is 15.4. The molecule has 0 saturated heterocycles. The van der Waals surface area contributed by atoms with E-state index in [1.165, 1.54) is 12.1 Å². The van der Waals surface area contributed by atoms with Gasteiger partial charge in [-0.05, 0) is 42.0 Å². The van der Waals surface area contributed by atoms with Gasteiger partial charge in [0, 0.05) is 17.1 Å². The van der Waals surface area contributed by atoms with Crippen molar-refractivity contribution in [1.29, 1.82) is 0 Å². The molecule has 3 N–H and O–H groups in total. The zero-order valence-corrected chi connectivity index (χ0v) is 17.4. The second-order valence-corrected chi connectivity index (χ2v) is 7.26. The Balaban J connectivity index is 1.48. The molecule has 0 spiro atoms. The van der Waals surface area contributed by atoms with Gasteiger partial charge in [-0.1, -0.05) is 41.0 Å². The number of ether oxygens (including phenoxy) is 1. The molecule has 4 aromatic rings. The molecule has 0 aliphatic rings. The van der Waals surface area contributed by atoms with Gasteiger partial charge < -0.3 is 24.7 Å². The summed E-state index contributed by atoms with van der Waals surface area (Å²) >= 11 is 6.02. The van der Waals surface area contributed by atoms with Crippen LogP contribution in [0.1, 0.15) is 15.9 Å². The van der Waals surface area contributed by atoms with Crippen molar-refractivity contribution in [2.24, 2.45) is 0 Å². The third kappa shape index (κ3) is 5.29. The van der Waals surface area contributed by atoms with Gasteiger partial charge in [0.2, 0.25) is 5.88 Å². The number of alkyl halides is 3. The molecular weight excluding hydrogens is 463 g/mol. The van der Waals surface area contributed by atoms with Gasteiger partial charge >= 0.3 is 6.36 Å². The van der Waals surface area contributed by atoms with Gasteiger partial charge in [-0.15, -0.1) is 13.2 Å². The fraction of sp³-hybridized carbons (Fsp3) is 0.0909. The van der Waals surface area contributed by atoms with Crippen LogP contribution in [0.3, 0.4) is 0 Å². The molecule has 0 aliphatic carbocycles. The predicted molar refractivity (Wildman–Crippen MR) is 113 cm³/mol. The molecule has 0 radical (unpaired) electrons. The number of benzene rings is 2. The number of amides is 1. The molecule has 33 heavy (non-hydrogen) atoms. The number of rotatable bonds is 6. The van der Waals surface area contributed by atoms with Crippen LogP contribution in [0.4, 0.5) is 19.1 Å². The van der Waals surface area contributed by atoms with Crippen molar-refractivity contribution in [2.75, 3.05) is 5.73 Å². The zero-order chi connectivity index (χ0) is 23.6. The van der Waals surface area contributed by atoms with E-state index in [1.54, 1.807) is 30.3 Å². The van der Waals surface area contributed by atoms with E-state index in [2.05, 4.69) is 15.2 Å². The second kappa shape index (κ2) is 8.91. The monoisotopic (exact) mass is 477 g/mol. The Morgan fingerprint density at radius 1 is 1.09 bits per heavy atom. The molecule has 2 aromatic heterocycles. The summed E-state index contributed by atoms with van der Waals surface area (Å²) in [5.74, 6) is -0.417. The minimum Gasteiger partial charge on any atom is -0.454 e. The van der Waals surface area contributed by atoms with Gasteiger partial charge in [-0.3, -0.25) is 4.79 Å². The minimum absolute atomic E-state index is 0.0150. The van der Waals surface area contributed by atoms with Crippen molar-refractivity contribution >= 4 is 23.4 Å². The average Bonchev–Trinajstić information content (AvgIpc) is 3.39. The van der Waals surface area contributed by atoms with Gasteiger partial charge in [0.25, 0.3) is 5.91 Å². The second-order valence-electron chi connectivity index (χ2n) is 6.82. The molecule has 7 nitrogen and oxygen atoms in total. The van der Waals surface area contributed by atoms with Gasteiger partial charge in [0.15, 0.2) is 11.5 Å². The Morgan fingerprint density at radius 2 is 1.82 bits per heavy atom. The summed E-state index contributed by atoms with van der Waals surface area (Å²) in [5.41, 5.74) is 7.14. The van der Waals surface area contributed by atoms with Crippen molar-refractivity contribution < 1.29 is 31.6 Å². The van der Waals surface area contributed by atoms with Gasteiger partial charge in [0.1, 0.15) is 17.1 Å². The third-order valence-electron chi connectivity index (χ3n) is 4.50. The van der Waals surface area contributed by atoms with E-state index in [1.807, 2.05) is 6.07 Å². The molecular formula is C22H15ClF3N3O4. The molecule has 11 heteroatoms. The zero-order valence-electron chi connectivity index (χ0n) is 16.7. The number of nitrogens with two attached hydrogens (primary N) is 1. The highest BCUT2D eigenvalue weighted by molar-refractivity contribution is 6.30. The van der Waals surface area contributed by atoms with E-state index in [4.69, 9.17) is 26.3 Å². The summed E-state index contributed by atoms with van der Waals surface area (Å²) < 4.78 is 51.4. The molecule has 170 valence electrons. The number of hydrogen-bond acceptors (Lipinski definition) is 6. The summed E-state index contributed by atoms with van der Waals surface area (Å²) in [4.78, 5) is 12.7. The lowest BCUT2D eigenvalue weighted by Crippen LogP contribution is -2.23. The first-order valence-corrected chi connectivity index (χ1v) is 9.81. The lowest BCUT2D eigenvalue weighted by molar-refractivity contribution is -0.274. The fourth-order valence-corrected chi connectivity index (χ4v) is 3.22. The van der Waals surface area contributed by atoms with E-state index in [0.29, 0.717) is 16.3 Å². The highest BCUT2D eigenvalue weighted by Gasteiger charge is 2.31. The number of nitrogen functional groups attached to an aromatic ring is 1. The normalized spacial score (nSPS) is 11.4. The predicted octanol–water partition coefficient (Wildman–Crippen LogP) is 5.67. The van der Waals surface area contributed by atoms with Crippen LogP contribution in [0.2, 0.25) is 5.02 Å². The van der Waals surface area contributed by atoms with Crippen molar-refractivity contribution in [3.8, 4) is 28.5 Å². The van der Waals surface area contributed by atoms with E-state index in [0.717, 1.165) is 17.7 Å². The number of carbonyl (C=O) groups excluding carboxylic acids is 1. The van der Waals surface area contributed by atoms with Crippen molar-refractivity contribution in [3.63, 3.8) is 0 Å². The molecule has 0 aliphatic heterocycles. The van der Waals surface area contributed by atoms with E-state index < -0.39 is 12.3 Å². The number of hydrogen-bond donors (Lipinski definition) is 2. The Bertz CT molecular complexity index is 1280. The highest BCUT2D eigenvalue weighted by Crippen LogP contribution is 2.33. The Kier molecular flexibility index (Phi) is 6.01. The average molecular weight is 478 g/mol. The molecule has 0 saturated carbocycles. The number of furan rings is 1. The summed E-state index contributed by atoms with van der Waals surface area (Å²) in [6.45, 7) is 0.0150. The van der Waals surface area contributed by atoms with Crippen LogP contribution in [0.5, 0.6) is 5.75 Å². The topological polar surface area (TPSA) is 104 Å². The maximum atomic E-state index is 12.7. The van der Waals surface area contributed by atoms with Crippen LogP contribution >= 0.6 is 11.6 Å². The van der Waals surface area contributed by atoms with E-state index in [-0.39, 0.29) is 35.2 Å². The summed E-state index contributed by atoms with van der Waals surface area (Å²) in [5, 5.41) is 6.99. The van der Waals surface area contributed by atoms with Crippen LogP contribution in [0, 0.1) is 0 Å². The van der Waals surface area contributed by atoms with Gasteiger partial charge in [-0.2, -0.15) is 0 Å². The number of aromatic nitrogens is 1. The fourth-order valence-electron chi connectivity index (χ4n) is 3.03. The maximum absolute atomic E-state index is 12.7. The Labute approximate surface area is 189 Å². The summed E-state index contributed by atoms with van der Waals surface area (Å²) in [7, 11) is 0. The highest BCUT2D eigenvalue weighted by atomic mass is 35.5. The van der Waals surface area contributed by atoms with E-state index in [9.17, 15) is 18.0 Å². The van der Waals surface area contributed by atoms with Crippen molar-refractivity contribution in [1.82, 2.24) is 10.5 Å². The Morgan fingerprint density at radius 3 is 2.52 bits per heavy atom. The number of halogens is 4. The number of anilines is 1. The standard InChI is InChI=1S/C22H15ClF3N3O4/c23-14-3-1-2-13(10-14)16-8-9-17(31-16)19-18(20(27)33-29-19)21(30)28-11-12-4-6-15(7-5-12)32-22(24,25)26/h1-10H,11,27H2,(H,28,30). The first kappa shape index (κ1) is 22.3. The third-order valence-corrected chi connectivity index (χ3v) is 4.74. The van der Waals surface area contributed by atoms with Crippen molar-refractivity contribution in [3.05, 3.63) is 76.8 Å². The van der Waals surface area contributed by atoms with E-state index >= 15 is 0 Å². The van der Waals surface area contributed by atoms with Crippen LogP contribution in [-0.2, 0) is 6.54 Å². The van der Waals surface area contributed by atoms with Gasteiger partial charge in [0.05, 0.1) is 0 Å². The molecule has 2 heterocycles. The summed E-state index contributed by atoms with van der Waals surface area (Å²) in [6.07, 6.45) is -4.78. The van der Waals surface area contributed by atoms with Gasteiger partial charge in [-0.25, -0.2) is 0 Å². The largest absolute Gasteiger partial charge is 0.573 e. The number of nitrogens with one attached hydrogen (secondary N) is 1. The molecule has 2 aromatic carbocycles. The number of carbonyl (C=O) groups is 1. The number of nitrogens with zero attached hydrogens (tertiary/aromatic N) is 1. The smallest absolute Gasteiger partial charge is 0.454 e. The quantitative estimate of drug-likeness (QED) is 0.371. The van der Waals surface area contributed by atoms with Crippen LogP contribution in [0.15, 0.2) is 69.6 Å². The molecule has 0 atom stereocenters. The Hall–Kier alpha value is -3.92. The molecule has 4 rings (SSSR count).